The minimum atomic E-state index is -4.22. The first-order valence-electron chi connectivity index (χ1n) is 23.3. The fourth-order valence-electron chi connectivity index (χ4n) is 7.46. The zero-order valence-electron chi connectivity index (χ0n) is 42.9. The first-order valence-corrected chi connectivity index (χ1v) is 26.5. The summed E-state index contributed by atoms with van der Waals surface area (Å²) in [6.45, 7) is 18.4. The van der Waals surface area contributed by atoms with Gasteiger partial charge in [0, 0.05) is 39.0 Å². The van der Waals surface area contributed by atoms with Gasteiger partial charge in [-0.3, -0.25) is 28.3 Å². The van der Waals surface area contributed by atoms with E-state index in [1.54, 1.807) is 13.8 Å². The van der Waals surface area contributed by atoms with Crippen LogP contribution in [0.25, 0.3) is 0 Å². The third kappa shape index (κ3) is 27.5. The van der Waals surface area contributed by atoms with E-state index >= 15 is 0 Å². The predicted molar refractivity (Wildman–Crippen MR) is 292 cm³/mol. The van der Waals surface area contributed by atoms with Crippen LogP contribution in [-0.4, -0.2) is 171 Å². The molecular weight excluding hydrogens is 1010 g/mol. The molecule has 0 aromatic heterocycles. The maximum atomic E-state index is 13.2. The molecule has 0 saturated heterocycles. The van der Waals surface area contributed by atoms with E-state index < -0.39 is 78.8 Å². The van der Waals surface area contributed by atoms with Crippen molar-refractivity contribution in [2.24, 2.45) is 10.8 Å². The van der Waals surface area contributed by atoms with Crippen LogP contribution in [0.3, 0.4) is 0 Å². The van der Waals surface area contributed by atoms with Gasteiger partial charge in [-0.05, 0) is 74.7 Å². The summed E-state index contributed by atoms with van der Waals surface area (Å²) in [5.41, 5.74) is 5.66. The molecule has 0 fully saturated rings. The van der Waals surface area contributed by atoms with E-state index in [0.29, 0.717) is 11.1 Å². The number of hydrogen-bond donors (Lipinski definition) is 6. The summed E-state index contributed by atoms with van der Waals surface area (Å²) in [5, 5.41) is 9.28. The molecule has 0 heterocycles. The number of rotatable bonds is 24. The van der Waals surface area contributed by atoms with Gasteiger partial charge >= 0.3 is 83.1 Å². The van der Waals surface area contributed by atoms with E-state index in [-0.39, 0.29) is 123 Å². The molecule has 400 valence electrons. The second kappa shape index (κ2) is 33.0. The summed E-state index contributed by atoms with van der Waals surface area (Å²) in [6.07, 6.45) is 25.5. The van der Waals surface area contributed by atoms with Gasteiger partial charge in [0.15, 0.2) is 23.8 Å². The molecule has 4 amide bonds. The van der Waals surface area contributed by atoms with E-state index in [9.17, 15) is 45.6 Å². The second-order valence-electron chi connectivity index (χ2n) is 18.8. The van der Waals surface area contributed by atoms with Gasteiger partial charge in [-0.1, -0.05) is 135 Å². The van der Waals surface area contributed by atoms with Crippen molar-refractivity contribution < 1.29 is 64.2 Å². The van der Waals surface area contributed by atoms with Crippen molar-refractivity contribution in [1.29, 1.82) is 0 Å². The Hall–Kier alpha value is -4.22. The zero-order chi connectivity index (χ0) is 54.5. The Balaban J connectivity index is 0.0000266. The Morgan fingerprint density at radius 3 is 1.16 bits per heavy atom. The van der Waals surface area contributed by atoms with Crippen molar-refractivity contribution in [3.8, 4) is 0 Å². The van der Waals surface area contributed by atoms with Gasteiger partial charge < -0.3 is 30.7 Å². The van der Waals surface area contributed by atoms with Crippen molar-refractivity contribution >= 4 is 115 Å². The van der Waals surface area contributed by atoms with E-state index in [1.807, 2.05) is 140 Å². The zero-order valence-corrected chi connectivity index (χ0v) is 44.6. The quantitative estimate of drug-likeness (QED) is 0.0286. The van der Waals surface area contributed by atoms with Gasteiger partial charge in [-0.25, -0.2) is 9.59 Å². The fraction of sp³-hybridized carbons (Fsp3) is 0.462. The van der Waals surface area contributed by atoms with E-state index in [2.05, 4.69) is 21.3 Å². The number of urea groups is 2. The van der Waals surface area contributed by atoms with E-state index in [0.717, 1.165) is 33.4 Å². The van der Waals surface area contributed by atoms with Crippen molar-refractivity contribution in [1.82, 2.24) is 21.3 Å². The predicted octanol–water partition coefficient (Wildman–Crippen LogP) is 5.86. The Bertz CT molecular complexity index is 2450. The topological polar surface area (TPSA) is 278 Å². The van der Waals surface area contributed by atoms with Crippen LogP contribution in [0.2, 0.25) is 0 Å². The first kappa shape index (κ1) is 69.8. The number of hydrogen-bond acceptors (Lipinski definition) is 12. The number of ketones is 2. The number of amides is 4. The monoisotopic (exact) mass is 1090 g/mol. The standard InChI is InChI=1S/C52H72N4O14S2.2Na.2H/c1-35(17-13-19-37(3)21-23-41-39(5)47(59)43(33-51(41,7)8)69-45(57)25-27-53-49(61)55-29-31-71(63,64)65)15-11-12-16-36(2)18-14-20-38(4)22-24-42-40(6)48(60)44(34-52(42,9)10)70-46(58)26-28-54-50(62)56-30-32-72(66,67)68;;;;/h11-24,43-44H,25-34H2,1-10H3,(H2,53,55,61)(H2,54,56,62)(H,63,64,65)(H,66,67,68);;;;/b12-11+,17-13+,18-14+,23-21+,24-22+,35-15+,36-16+,37-19+,38-20+;;;;. The average Bonchev–Trinajstić information content (AvgIpc) is 3.24. The maximum absolute atomic E-state index is 13.2. The SMILES string of the molecule is CC1=C(/C=C/C(C)=C/C=C/C(C)=C/C=C/C=C(C)/C=C/C=C(C)/C=C/C2=C(C)C(=O)C(OC(=O)CCNC(=O)NCCS(=O)(=O)O)CC2(C)C)C(C)(C)CC(OC(=O)CCNC(=O)NCCS(=O)(=O)O)C1=O.[NaH].[NaH]. The van der Waals surface area contributed by atoms with Crippen LogP contribution < -0.4 is 21.3 Å². The summed E-state index contributed by atoms with van der Waals surface area (Å²) >= 11 is 0. The molecule has 18 nitrogen and oxygen atoms in total. The number of esters is 2. The van der Waals surface area contributed by atoms with Crippen LogP contribution in [0.15, 0.2) is 130 Å². The summed E-state index contributed by atoms with van der Waals surface area (Å²) in [4.78, 5) is 75.0. The van der Waals surface area contributed by atoms with Gasteiger partial charge in [0.05, 0.1) is 24.3 Å². The number of carbonyl (C=O) groups is 6. The molecular formula is C52H74N4Na2O14S2. The van der Waals surface area contributed by atoms with E-state index in [4.69, 9.17) is 18.6 Å². The molecule has 0 aromatic carbocycles. The normalized spacial score (nSPS) is 19.0. The number of allylic oxidation sites excluding steroid dienone is 20. The van der Waals surface area contributed by atoms with Crippen LogP contribution in [0.4, 0.5) is 9.59 Å². The molecule has 0 spiro atoms. The first-order chi connectivity index (χ1) is 33.4. The van der Waals surface area contributed by atoms with Gasteiger partial charge in [0.25, 0.3) is 20.2 Å². The molecule has 74 heavy (non-hydrogen) atoms. The van der Waals surface area contributed by atoms with Gasteiger partial charge in [-0.2, -0.15) is 16.8 Å². The van der Waals surface area contributed by atoms with Crippen LogP contribution in [0, 0.1) is 10.8 Å². The molecule has 6 N–H and O–H groups in total. The molecule has 22 heteroatoms. The fourth-order valence-corrected chi connectivity index (χ4v) is 8.18. The molecule has 2 unspecified atom stereocenters. The molecule has 2 atom stereocenters. The average molecular weight is 1090 g/mol. The van der Waals surface area contributed by atoms with Crippen molar-refractivity contribution in [3.63, 3.8) is 0 Å². The molecule has 2 aliphatic rings. The van der Waals surface area contributed by atoms with Gasteiger partial charge in [0.1, 0.15) is 0 Å². The molecule has 0 saturated carbocycles. The third-order valence-corrected chi connectivity index (χ3v) is 12.8. The van der Waals surface area contributed by atoms with Crippen LogP contribution >= 0.6 is 0 Å². The third-order valence-electron chi connectivity index (χ3n) is 11.3. The summed E-state index contributed by atoms with van der Waals surface area (Å²) < 4.78 is 71.5. The van der Waals surface area contributed by atoms with Crippen molar-refractivity contribution in [2.45, 2.75) is 107 Å². The van der Waals surface area contributed by atoms with E-state index in [1.165, 1.54) is 0 Å². The number of ether oxygens (including phenoxy) is 2. The van der Waals surface area contributed by atoms with Crippen molar-refractivity contribution in [2.75, 3.05) is 37.7 Å². The molecule has 2 aliphatic carbocycles. The number of Topliss-reactive ketones (excluding diaryl/α,β-unsaturated/α-hetero) is 2. The summed E-state index contributed by atoms with van der Waals surface area (Å²) in [7, 11) is -8.44. The van der Waals surface area contributed by atoms with Crippen LogP contribution in [-0.2, 0) is 48.9 Å². The molecule has 0 radical (unpaired) electrons. The Morgan fingerprint density at radius 1 is 0.541 bits per heavy atom. The Morgan fingerprint density at radius 2 is 0.838 bits per heavy atom. The van der Waals surface area contributed by atoms with Gasteiger partial charge in [-0.15, -0.1) is 0 Å². The minimum absolute atomic E-state index is 0. The van der Waals surface area contributed by atoms with Crippen LogP contribution in [0.1, 0.15) is 94.9 Å². The molecule has 0 bridgehead atoms. The summed E-state index contributed by atoms with van der Waals surface area (Å²) in [5.74, 6) is -3.21. The Labute approximate surface area is 481 Å². The van der Waals surface area contributed by atoms with Gasteiger partial charge in [0.2, 0.25) is 0 Å². The number of carbonyl (C=O) groups excluding carboxylic acids is 6. The summed E-state index contributed by atoms with van der Waals surface area (Å²) in [6, 6.07) is -1.43. The molecule has 2 rings (SSSR count). The molecule has 0 aliphatic heterocycles. The molecule has 0 aromatic rings. The second-order valence-corrected chi connectivity index (χ2v) is 21.9. The van der Waals surface area contributed by atoms with Crippen molar-refractivity contribution in [3.05, 3.63) is 130 Å². The Kier molecular flexibility index (Phi) is 31.2. The van der Waals surface area contributed by atoms with Crippen LogP contribution in [0.5, 0.6) is 0 Å². The number of nitrogens with one attached hydrogen (secondary N) is 4.